The maximum absolute atomic E-state index is 10.4. The molecule has 98 valence electrons. The van der Waals surface area contributed by atoms with Gasteiger partial charge in [0.15, 0.2) is 0 Å². The molecule has 1 saturated carbocycles. The summed E-state index contributed by atoms with van der Waals surface area (Å²) in [6.45, 7) is 0. The molecule has 0 aromatic heterocycles. The molecule has 8 nitrogen and oxygen atoms in total. The predicted molar refractivity (Wildman–Crippen MR) is 61.0 cm³/mol. The van der Waals surface area contributed by atoms with E-state index in [4.69, 9.17) is 0 Å². The molecule has 0 aliphatic heterocycles. The Morgan fingerprint density at radius 3 is 1.58 bits per heavy atom. The number of hydrogen-bond acceptors (Lipinski definition) is 8. The van der Waals surface area contributed by atoms with Crippen LogP contribution in [0, 0.1) is 5.92 Å². The van der Waals surface area contributed by atoms with Crippen LogP contribution in [0.2, 0.25) is 0 Å². The minimum atomic E-state index is -1.83. The van der Waals surface area contributed by atoms with E-state index in [9.17, 15) is 19.2 Å². The second kappa shape index (κ2) is 7.07. The smallest absolute Gasteiger partial charge is 0.211 e. The largest absolute Gasteiger partial charge is 0.280 e. The number of carbonyl (C=O) groups excluding carboxylic acids is 4. The van der Waals surface area contributed by atoms with E-state index in [1.54, 1.807) is 0 Å². The lowest BCUT2D eigenvalue weighted by molar-refractivity contribution is 0.210. The van der Waals surface area contributed by atoms with Gasteiger partial charge in [0.25, 0.3) is 5.79 Å². The molecule has 0 aromatic carbocycles. The zero-order chi connectivity index (χ0) is 14.1. The van der Waals surface area contributed by atoms with Gasteiger partial charge in [-0.15, -0.1) is 15.0 Å². The highest BCUT2D eigenvalue weighted by Gasteiger charge is 2.41. The number of aliphatic imine (C=N–C) groups is 4. The van der Waals surface area contributed by atoms with E-state index in [1.807, 2.05) is 0 Å². The van der Waals surface area contributed by atoms with Crippen LogP contribution in [0.5, 0.6) is 0 Å². The Hall–Kier alpha value is -2.48. The zero-order valence-electron chi connectivity index (χ0n) is 9.90. The molecule has 1 aliphatic rings. The third kappa shape index (κ3) is 3.49. The van der Waals surface area contributed by atoms with Crippen molar-refractivity contribution in [2.75, 3.05) is 0 Å². The number of rotatable bonds is 5. The Kier molecular flexibility index (Phi) is 5.42. The van der Waals surface area contributed by atoms with Crippen LogP contribution in [0.4, 0.5) is 0 Å². The first-order chi connectivity index (χ1) is 9.22. The van der Waals surface area contributed by atoms with Crippen molar-refractivity contribution in [3.05, 3.63) is 0 Å². The summed E-state index contributed by atoms with van der Waals surface area (Å²) in [6, 6.07) is -0.160. The van der Waals surface area contributed by atoms with Crippen molar-refractivity contribution in [1.29, 1.82) is 0 Å². The molecule has 0 aromatic rings. The van der Waals surface area contributed by atoms with Crippen LogP contribution >= 0.6 is 0 Å². The van der Waals surface area contributed by atoms with Crippen molar-refractivity contribution >= 4 is 24.3 Å². The average Bonchev–Trinajstić information content (AvgIpc) is 2.41. The van der Waals surface area contributed by atoms with Gasteiger partial charge in [0.2, 0.25) is 24.3 Å². The minimum Gasteiger partial charge on any atom is -0.211 e. The van der Waals surface area contributed by atoms with Crippen molar-refractivity contribution in [3.63, 3.8) is 0 Å². The van der Waals surface area contributed by atoms with Gasteiger partial charge in [0, 0.05) is 5.92 Å². The van der Waals surface area contributed by atoms with Crippen LogP contribution in [0.25, 0.3) is 0 Å². The second-order valence-corrected chi connectivity index (χ2v) is 4.02. The summed E-state index contributed by atoms with van der Waals surface area (Å²) >= 11 is 0. The van der Waals surface area contributed by atoms with Crippen LogP contribution in [0.1, 0.15) is 25.7 Å². The Morgan fingerprint density at radius 2 is 1.21 bits per heavy atom. The Labute approximate surface area is 108 Å². The van der Waals surface area contributed by atoms with Crippen molar-refractivity contribution in [3.8, 4) is 0 Å². The van der Waals surface area contributed by atoms with E-state index < -0.39 is 11.7 Å². The fourth-order valence-corrected chi connectivity index (χ4v) is 2.22. The molecular weight excluding hydrogens is 252 g/mol. The summed E-state index contributed by atoms with van der Waals surface area (Å²) in [4.78, 5) is 55.2. The lowest BCUT2D eigenvalue weighted by atomic mass is 9.82. The molecule has 0 atom stereocenters. The summed E-state index contributed by atoms with van der Waals surface area (Å²) < 4.78 is 0. The van der Waals surface area contributed by atoms with Crippen LogP contribution in [0.15, 0.2) is 20.0 Å². The van der Waals surface area contributed by atoms with Gasteiger partial charge in [-0.2, -0.15) is 0 Å². The van der Waals surface area contributed by atoms with Crippen LogP contribution in [-0.4, -0.2) is 36.1 Å². The van der Waals surface area contributed by atoms with E-state index in [0.717, 1.165) is 0 Å². The second-order valence-electron chi connectivity index (χ2n) is 4.02. The SMILES string of the molecule is O=C=NC1CCC(C(N=C=O)(N=C=O)N=C=O)CC1. The third-order valence-corrected chi connectivity index (χ3v) is 3.11. The first kappa shape index (κ1) is 14.6. The van der Waals surface area contributed by atoms with Crippen molar-refractivity contribution in [2.45, 2.75) is 37.5 Å². The molecule has 0 radical (unpaired) electrons. The van der Waals surface area contributed by atoms with Gasteiger partial charge >= 0.3 is 0 Å². The maximum Gasteiger partial charge on any atom is 0.280 e. The Balaban J connectivity index is 3.01. The van der Waals surface area contributed by atoms with Gasteiger partial charge < -0.3 is 0 Å². The van der Waals surface area contributed by atoms with Gasteiger partial charge in [-0.25, -0.2) is 24.2 Å². The summed E-state index contributed by atoms with van der Waals surface area (Å²) in [5, 5.41) is 0. The summed E-state index contributed by atoms with van der Waals surface area (Å²) in [5.74, 6) is -2.27. The molecule has 0 unspecified atom stereocenters. The topological polar surface area (TPSA) is 118 Å². The molecule has 0 bridgehead atoms. The van der Waals surface area contributed by atoms with Crippen molar-refractivity contribution < 1.29 is 19.2 Å². The highest BCUT2D eigenvalue weighted by atomic mass is 16.1. The van der Waals surface area contributed by atoms with E-state index in [1.165, 1.54) is 24.3 Å². The molecule has 8 heteroatoms. The quantitative estimate of drug-likeness (QED) is 0.530. The zero-order valence-corrected chi connectivity index (χ0v) is 9.90. The highest BCUT2D eigenvalue weighted by molar-refractivity contribution is 5.43. The molecule has 1 aliphatic carbocycles. The van der Waals surface area contributed by atoms with Gasteiger partial charge in [-0.05, 0) is 25.7 Å². The van der Waals surface area contributed by atoms with E-state index >= 15 is 0 Å². The van der Waals surface area contributed by atoms with Gasteiger partial charge in [0.05, 0.1) is 6.04 Å². The van der Waals surface area contributed by atoms with Crippen LogP contribution in [-0.2, 0) is 19.2 Å². The molecule has 1 fully saturated rings. The van der Waals surface area contributed by atoms with E-state index in [0.29, 0.717) is 25.7 Å². The molecule has 1 rings (SSSR count). The Morgan fingerprint density at radius 1 is 0.737 bits per heavy atom. The number of nitrogens with zero attached hydrogens (tertiary/aromatic N) is 4. The lowest BCUT2D eigenvalue weighted by Crippen LogP contribution is -2.35. The molecule has 0 amide bonds. The summed E-state index contributed by atoms with van der Waals surface area (Å²) in [7, 11) is 0. The highest BCUT2D eigenvalue weighted by Crippen LogP contribution is 2.37. The lowest BCUT2D eigenvalue weighted by Gasteiger charge is -2.31. The fourth-order valence-electron chi connectivity index (χ4n) is 2.22. The van der Waals surface area contributed by atoms with Crippen LogP contribution in [0.3, 0.4) is 0 Å². The molecule has 0 spiro atoms. The average molecular weight is 262 g/mol. The van der Waals surface area contributed by atoms with Gasteiger partial charge in [0.1, 0.15) is 0 Å². The third-order valence-electron chi connectivity index (χ3n) is 3.11. The normalized spacial score (nSPS) is 24.4. The van der Waals surface area contributed by atoms with Crippen LogP contribution < -0.4 is 0 Å². The van der Waals surface area contributed by atoms with Crippen molar-refractivity contribution in [1.82, 2.24) is 0 Å². The first-order valence-electron chi connectivity index (χ1n) is 5.56. The van der Waals surface area contributed by atoms with Gasteiger partial charge in [-0.3, -0.25) is 0 Å². The monoisotopic (exact) mass is 262 g/mol. The molecule has 19 heavy (non-hydrogen) atoms. The number of hydrogen-bond donors (Lipinski definition) is 0. The fraction of sp³-hybridized carbons (Fsp3) is 0.636. The standard InChI is InChI=1S/C11H10N4O4/c16-5-12-10-3-1-9(2-4-10)11(13-6-17,14-7-18)15-8-19/h9-10H,1-4H2. The minimum absolute atomic E-state index is 0.160. The first-order valence-corrected chi connectivity index (χ1v) is 5.56. The van der Waals surface area contributed by atoms with Gasteiger partial charge in [-0.1, -0.05) is 0 Å². The molecule has 0 saturated heterocycles. The Bertz CT molecular complexity index is 467. The summed E-state index contributed by atoms with van der Waals surface area (Å²) in [5.41, 5.74) is 0. The van der Waals surface area contributed by atoms with E-state index in [2.05, 4.69) is 20.0 Å². The van der Waals surface area contributed by atoms with E-state index in [-0.39, 0.29) is 6.04 Å². The molecular formula is C11H10N4O4. The number of isocyanates is 4. The predicted octanol–water partition coefficient (Wildman–Crippen LogP) is 0.542. The molecule has 0 heterocycles. The maximum atomic E-state index is 10.4. The molecule has 0 N–H and O–H groups in total. The van der Waals surface area contributed by atoms with Crippen molar-refractivity contribution in [2.24, 2.45) is 25.9 Å². The summed E-state index contributed by atoms with van der Waals surface area (Å²) in [6.07, 6.45) is 7.19.